The van der Waals surface area contributed by atoms with E-state index in [-0.39, 0.29) is 11.8 Å². The lowest BCUT2D eigenvalue weighted by molar-refractivity contribution is -0.119. The van der Waals surface area contributed by atoms with Crippen LogP contribution in [0.15, 0.2) is 24.3 Å². The van der Waals surface area contributed by atoms with E-state index in [4.69, 9.17) is 0 Å². The highest BCUT2D eigenvalue weighted by atomic mass is 16.1. The number of hydrogen-bond donors (Lipinski definition) is 2. The summed E-state index contributed by atoms with van der Waals surface area (Å²) in [5, 5.41) is 6.18. The SMILES string of the molecule is CCNCC(C)C(=O)Nc1ccc(N2CCCCC2)cc1. The van der Waals surface area contributed by atoms with Crippen LogP contribution in [0.5, 0.6) is 0 Å². The third-order valence-electron chi connectivity index (χ3n) is 4.00. The zero-order valence-electron chi connectivity index (χ0n) is 13.2. The van der Waals surface area contributed by atoms with Crippen molar-refractivity contribution >= 4 is 17.3 Å². The van der Waals surface area contributed by atoms with E-state index in [9.17, 15) is 4.79 Å². The molecule has 0 bridgehead atoms. The van der Waals surface area contributed by atoms with Gasteiger partial charge in [0.05, 0.1) is 0 Å². The Morgan fingerprint density at radius 3 is 2.48 bits per heavy atom. The van der Waals surface area contributed by atoms with Gasteiger partial charge in [0.15, 0.2) is 0 Å². The highest BCUT2D eigenvalue weighted by molar-refractivity contribution is 5.92. The summed E-state index contributed by atoms with van der Waals surface area (Å²) in [5.74, 6) is 0.0494. The maximum Gasteiger partial charge on any atom is 0.228 e. The molecular formula is C17H27N3O. The maximum absolute atomic E-state index is 12.0. The van der Waals surface area contributed by atoms with Crippen LogP contribution in [0, 0.1) is 5.92 Å². The van der Waals surface area contributed by atoms with Gasteiger partial charge in [-0.25, -0.2) is 0 Å². The zero-order valence-corrected chi connectivity index (χ0v) is 13.2. The molecular weight excluding hydrogens is 262 g/mol. The van der Waals surface area contributed by atoms with Crippen molar-refractivity contribution in [3.8, 4) is 0 Å². The Balaban J connectivity index is 1.88. The molecule has 0 saturated carbocycles. The molecule has 2 N–H and O–H groups in total. The first-order valence-corrected chi connectivity index (χ1v) is 8.07. The van der Waals surface area contributed by atoms with Gasteiger partial charge in [0.2, 0.25) is 5.91 Å². The molecule has 0 aliphatic carbocycles. The quantitative estimate of drug-likeness (QED) is 0.846. The monoisotopic (exact) mass is 289 g/mol. The van der Waals surface area contributed by atoms with Gasteiger partial charge < -0.3 is 15.5 Å². The molecule has 1 aliphatic heterocycles. The molecule has 1 aromatic rings. The van der Waals surface area contributed by atoms with Crippen molar-refractivity contribution in [2.75, 3.05) is 36.4 Å². The normalized spacial score (nSPS) is 16.6. The summed E-state index contributed by atoms with van der Waals surface area (Å²) in [6.45, 7) is 7.89. The molecule has 1 saturated heterocycles. The molecule has 1 amide bonds. The summed E-state index contributed by atoms with van der Waals surface area (Å²) >= 11 is 0. The van der Waals surface area contributed by atoms with E-state index < -0.39 is 0 Å². The number of benzene rings is 1. The highest BCUT2D eigenvalue weighted by Crippen LogP contribution is 2.22. The van der Waals surface area contributed by atoms with Crippen LogP contribution in [0.25, 0.3) is 0 Å². The van der Waals surface area contributed by atoms with Gasteiger partial charge in [-0.3, -0.25) is 4.79 Å². The first kappa shape index (κ1) is 15.8. The first-order valence-electron chi connectivity index (χ1n) is 8.07. The molecule has 1 aromatic carbocycles. The predicted molar refractivity (Wildman–Crippen MR) is 88.8 cm³/mol. The van der Waals surface area contributed by atoms with Crippen LogP contribution in [0.2, 0.25) is 0 Å². The Bertz CT molecular complexity index is 438. The van der Waals surface area contributed by atoms with Crippen molar-refractivity contribution in [1.82, 2.24) is 5.32 Å². The van der Waals surface area contributed by atoms with Gasteiger partial charge >= 0.3 is 0 Å². The van der Waals surface area contributed by atoms with Crippen LogP contribution in [-0.4, -0.2) is 32.1 Å². The van der Waals surface area contributed by atoms with Gasteiger partial charge in [-0.05, 0) is 50.1 Å². The Morgan fingerprint density at radius 2 is 1.86 bits per heavy atom. The number of nitrogens with zero attached hydrogens (tertiary/aromatic N) is 1. The summed E-state index contributed by atoms with van der Waals surface area (Å²) < 4.78 is 0. The van der Waals surface area contributed by atoms with Gasteiger partial charge in [-0.1, -0.05) is 13.8 Å². The molecule has 1 heterocycles. The summed E-state index contributed by atoms with van der Waals surface area (Å²) in [6, 6.07) is 8.22. The fraction of sp³-hybridized carbons (Fsp3) is 0.588. The number of anilines is 2. The second-order valence-electron chi connectivity index (χ2n) is 5.79. The van der Waals surface area contributed by atoms with E-state index in [1.807, 2.05) is 26.0 Å². The molecule has 4 heteroatoms. The van der Waals surface area contributed by atoms with Gasteiger partial charge in [0, 0.05) is 36.9 Å². The van der Waals surface area contributed by atoms with Crippen LogP contribution in [0.1, 0.15) is 33.1 Å². The number of hydrogen-bond acceptors (Lipinski definition) is 3. The molecule has 1 atom stereocenters. The van der Waals surface area contributed by atoms with Crippen molar-refractivity contribution < 1.29 is 4.79 Å². The molecule has 1 aliphatic rings. The summed E-state index contributed by atoms with van der Waals surface area (Å²) in [4.78, 5) is 14.5. The number of rotatable bonds is 6. The van der Waals surface area contributed by atoms with E-state index in [0.29, 0.717) is 6.54 Å². The fourth-order valence-corrected chi connectivity index (χ4v) is 2.63. The third kappa shape index (κ3) is 4.74. The maximum atomic E-state index is 12.0. The van der Waals surface area contributed by atoms with Gasteiger partial charge in [-0.2, -0.15) is 0 Å². The number of carbonyl (C=O) groups is 1. The Labute approximate surface area is 127 Å². The average molecular weight is 289 g/mol. The van der Waals surface area contributed by atoms with Gasteiger partial charge in [0.1, 0.15) is 0 Å². The minimum Gasteiger partial charge on any atom is -0.372 e. The van der Waals surface area contributed by atoms with Crippen molar-refractivity contribution in [3.05, 3.63) is 24.3 Å². The third-order valence-corrected chi connectivity index (χ3v) is 4.00. The second-order valence-corrected chi connectivity index (χ2v) is 5.79. The average Bonchev–Trinajstić information content (AvgIpc) is 2.54. The summed E-state index contributed by atoms with van der Waals surface area (Å²) in [5.41, 5.74) is 2.14. The Kier molecular flexibility index (Phi) is 6.05. The van der Waals surface area contributed by atoms with Crippen LogP contribution in [-0.2, 0) is 4.79 Å². The van der Waals surface area contributed by atoms with Gasteiger partial charge in [0.25, 0.3) is 0 Å². The molecule has 0 radical (unpaired) electrons. The molecule has 1 unspecified atom stereocenters. The lowest BCUT2D eigenvalue weighted by Gasteiger charge is -2.28. The molecule has 21 heavy (non-hydrogen) atoms. The fourth-order valence-electron chi connectivity index (χ4n) is 2.63. The highest BCUT2D eigenvalue weighted by Gasteiger charge is 2.13. The Morgan fingerprint density at radius 1 is 1.19 bits per heavy atom. The summed E-state index contributed by atoms with van der Waals surface area (Å²) in [7, 11) is 0. The smallest absolute Gasteiger partial charge is 0.228 e. The second kappa shape index (κ2) is 8.03. The lowest BCUT2D eigenvalue weighted by Crippen LogP contribution is -2.30. The first-order chi connectivity index (χ1) is 10.2. The van der Waals surface area contributed by atoms with Crippen molar-refractivity contribution in [3.63, 3.8) is 0 Å². The van der Waals surface area contributed by atoms with Crippen LogP contribution in [0.3, 0.4) is 0 Å². The van der Waals surface area contributed by atoms with Crippen molar-refractivity contribution in [2.45, 2.75) is 33.1 Å². The minimum absolute atomic E-state index is 0.0216. The van der Waals surface area contributed by atoms with Crippen LogP contribution in [0.4, 0.5) is 11.4 Å². The minimum atomic E-state index is -0.0216. The molecule has 116 valence electrons. The van der Waals surface area contributed by atoms with Crippen molar-refractivity contribution in [2.24, 2.45) is 5.92 Å². The molecule has 4 nitrogen and oxygen atoms in total. The van der Waals surface area contributed by atoms with Crippen LogP contribution >= 0.6 is 0 Å². The van der Waals surface area contributed by atoms with E-state index in [2.05, 4.69) is 27.7 Å². The number of carbonyl (C=O) groups excluding carboxylic acids is 1. The molecule has 1 fully saturated rings. The Hall–Kier alpha value is -1.55. The molecule has 0 aromatic heterocycles. The lowest BCUT2D eigenvalue weighted by atomic mass is 10.1. The van der Waals surface area contributed by atoms with Gasteiger partial charge in [-0.15, -0.1) is 0 Å². The van der Waals surface area contributed by atoms with Crippen LogP contribution < -0.4 is 15.5 Å². The van der Waals surface area contributed by atoms with E-state index in [1.165, 1.54) is 24.9 Å². The van der Waals surface area contributed by atoms with E-state index >= 15 is 0 Å². The predicted octanol–water partition coefficient (Wildman–Crippen LogP) is 2.86. The topological polar surface area (TPSA) is 44.4 Å². The number of amides is 1. The van der Waals surface area contributed by atoms with E-state index in [0.717, 1.165) is 25.3 Å². The van der Waals surface area contributed by atoms with E-state index in [1.54, 1.807) is 0 Å². The summed E-state index contributed by atoms with van der Waals surface area (Å²) in [6.07, 6.45) is 3.90. The standard InChI is InChI=1S/C17H27N3O/c1-3-18-13-14(2)17(21)19-15-7-9-16(10-8-15)20-11-5-4-6-12-20/h7-10,14,18H,3-6,11-13H2,1-2H3,(H,19,21). The number of nitrogens with one attached hydrogen (secondary N) is 2. The largest absolute Gasteiger partial charge is 0.372 e. The molecule has 2 rings (SSSR count). The number of piperidine rings is 1. The zero-order chi connectivity index (χ0) is 15.1. The van der Waals surface area contributed by atoms with Crippen molar-refractivity contribution in [1.29, 1.82) is 0 Å². The molecule has 0 spiro atoms.